The Balaban J connectivity index is 1.42. The predicted octanol–water partition coefficient (Wildman–Crippen LogP) is 5.55. The summed E-state index contributed by atoms with van der Waals surface area (Å²) in [7, 11) is -1.93. The van der Waals surface area contributed by atoms with Gasteiger partial charge in [-0.15, -0.1) is 0 Å². The Morgan fingerprint density at radius 3 is 2.00 bits per heavy atom. The zero-order chi connectivity index (χ0) is 37.1. The van der Waals surface area contributed by atoms with Gasteiger partial charge in [-0.2, -0.15) is 0 Å². The Morgan fingerprint density at radius 1 is 0.808 bits per heavy atom. The molecule has 2 amide bonds. The second kappa shape index (κ2) is 18.2. The Bertz CT molecular complexity index is 1850. The molecule has 10 nitrogen and oxygen atoms in total. The van der Waals surface area contributed by atoms with E-state index in [0.717, 1.165) is 43.1 Å². The summed E-state index contributed by atoms with van der Waals surface area (Å²) in [6.07, 6.45) is 5.79. The van der Waals surface area contributed by atoms with Crippen LogP contribution in [0.15, 0.2) is 109 Å². The van der Waals surface area contributed by atoms with Crippen molar-refractivity contribution in [3.63, 3.8) is 0 Å². The normalized spacial score (nSPS) is 15.2. The van der Waals surface area contributed by atoms with Crippen molar-refractivity contribution in [1.29, 1.82) is 0 Å². The molecule has 0 spiro atoms. The molecule has 1 aliphatic rings. The highest BCUT2D eigenvalue weighted by atomic mass is 32.2. The van der Waals surface area contributed by atoms with Gasteiger partial charge >= 0.3 is 0 Å². The Morgan fingerprint density at radius 2 is 1.38 bits per heavy atom. The van der Waals surface area contributed by atoms with Crippen LogP contribution in [0.1, 0.15) is 60.5 Å². The second-order valence-electron chi connectivity index (χ2n) is 13.8. The van der Waals surface area contributed by atoms with Crippen LogP contribution in [0.5, 0.6) is 0 Å². The van der Waals surface area contributed by atoms with E-state index in [4.69, 9.17) is 0 Å². The van der Waals surface area contributed by atoms with Crippen LogP contribution in [-0.4, -0.2) is 69.4 Å². The number of aliphatic hydroxyl groups is 1. The fraction of sp³-hybridized carbons (Fsp3) is 0.366. The minimum absolute atomic E-state index is 0.0675. The molecule has 0 saturated heterocycles. The number of hydrogen-bond donors (Lipinski definition) is 4. The third kappa shape index (κ3) is 10.9. The summed E-state index contributed by atoms with van der Waals surface area (Å²) < 4.78 is 27.8. The number of carbonyl (C=O) groups is 2. The Kier molecular flexibility index (Phi) is 13.5. The number of aliphatic hydroxyl groups excluding tert-OH is 1. The van der Waals surface area contributed by atoms with Crippen LogP contribution in [0.4, 0.5) is 17.1 Å². The zero-order valence-corrected chi connectivity index (χ0v) is 31.1. The number of anilines is 3. The van der Waals surface area contributed by atoms with Gasteiger partial charge in [0.2, 0.25) is 15.9 Å². The molecular weight excluding hydrogens is 675 g/mol. The first-order valence-electron chi connectivity index (χ1n) is 18.0. The lowest BCUT2D eigenvalue weighted by molar-refractivity contribution is -0.123. The average molecular weight is 726 g/mol. The molecule has 3 atom stereocenters. The van der Waals surface area contributed by atoms with E-state index in [1.54, 1.807) is 49.4 Å². The smallest absolute Gasteiger partial charge is 0.251 e. The van der Waals surface area contributed by atoms with Gasteiger partial charge in [0.25, 0.3) is 5.91 Å². The maximum absolute atomic E-state index is 14.2. The lowest BCUT2D eigenvalue weighted by atomic mass is 9.95. The molecule has 1 aliphatic carbocycles. The van der Waals surface area contributed by atoms with Crippen LogP contribution in [-0.2, 0) is 27.8 Å². The van der Waals surface area contributed by atoms with Crippen LogP contribution in [0.2, 0.25) is 0 Å². The highest BCUT2D eigenvalue weighted by Crippen LogP contribution is 2.33. The van der Waals surface area contributed by atoms with E-state index in [-0.39, 0.29) is 24.1 Å². The maximum atomic E-state index is 14.2. The highest BCUT2D eigenvalue weighted by molar-refractivity contribution is 7.92. The number of para-hydroxylation sites is 1. The van der Waals surface area contributed by atoms with E-state index >= 15 is 0 Å². The molecule has 1 fully saturated rings. The number of nitrogens with one attached hydrogen (secondary N) is 3. The molecule has 0 radical (unpaired) electrons. The third-order valence-electron chi connectivity index (χ3n) is 9.48. The van der Waals surface area contributed by atoms with Crippen molar-refractivity contribution in [2.24, 2.45) is 0 Å². The first-order valence-corrected chi connectivity index (χ1v) is 19.8. The summed E-state index contributed by atoms with van der Waals surface area (Å²) in [4.78, 5) is 29.1. The van der Waals surface area contributed by atoms with Gasteiger partial charge in [0.05, 0.1) is 35.8 Å². The summed E-state index contributed by atoms with van der Waals surface area (Å²) in [5.74, 6) is -0.582. The molecule has 0 bridgehead atoms. The zero-order valence-electron chi connectivity index (χ0n) is 30.2. The van der Waals surface area contributed by atoms with Crippen molar-refractivity contribution in [3.8, 4) is 0 Å². The number of amides is 2. The molecule has 0 aromatic heterocycles. The van der Waals surface area contributed by atoms with Crippen molar-refractivity contribution >= 4 is 38.9 Å². The van der Waals surface area contributed by atoms with Gasteiger partial charge in [-0.25, -0.2) is 12.7 Å². The van der Waals surface area contributed by atoms with Gasteiger partial charge in [-0.05, 0) is 67.6 Å². The average Bonchev–Trinajstić information content (AvgIpc) is 3.14. The monoisotopic (exact) mass is 725 g/mol. The fourth-order valence-corrected chi connectivity index (χ4v) is 7.61. The fourth-order valence-electron chi connectivity index (χ4n) is 6.62. The van der Waals surface area contributed by atoms with Crippen LogP contribution >= 0.6 is 0 Å². The standard InChI is InChI=1S/C41H51N5O5S/c1-30(40(48)43-34-20-12-6-13-21-34)42-28-39(47)38(24-31-16-8-4-9-17-31)44-41(49)33-25-36(45(2)29-32-18-10-5-11-19-32)27-37(26-33)46(52(3,50)51)35-22-14-7-15-23-35/h4-5,7-11,14-19,22-23,25-27,30,34,38-39,42,47H,6,12-13,20-21,24,28-29H2,1-3H3,(H,43,48)(H,44,49)/t30-,38-,39+/m0/s1. The highest BCUT2D eigenvalue weighted by Gasteiger charge is 2.27. The van der Waals surface area contributed by atoms with Gasteiger partial charge in [-0.1, -0.05) is 98.1 Å². The summed E-state index contributed by atoms with van der Waals surface area (Å²) in [5.41, 5.74) is 3.57. The van der Waals surface area contributed by atoms with Crippen LogP contribution in [0.25, 0.3) is 0 Å². The minimum Gasteiger partial charge on any atom is -0.390 e. The van der Waals surface area contributed by atoms with Gasteiger partial charge in [0.1, 0.15) is 0 Å². The van der Waals surface area contributed by atoms with Gasteiger partial charge in [-0.3, -0.25) is 9.59 Å². The first kappa shape index (κ1) is 38.5. The van der Waals surface area contributed by atoms with Crippen LogP contribution in [0, 0.1) is 0 Å². The number of carbonyl (C=O) groups excluding carboxylic acids is 2. The molecule has 0 aliphatic heterocycles. The molecule has 52 heavy (non-hydrogen) atoms. The van der Waals surface area contributed by atoms with E-state index in [2.05, 4.69) is 16.0 Å². The largest absolute Gasteiger partial charge is 0.390 e. The molecule has 0 heterocycles. The van der Waals surface area contributed by atoms with Crippen LogP contribution in [0.3, 0.4) is 0 Å². The molecule has 4 aromatic rings. The van der Waals surface area contributed by atoms with E-state index in [0.29, 0.717) is 30.0 Å². The van der Waals surface area contributed by atoms with E-state index < -0.39 is 34.1 Å². The van der Waals surface area contributed by atoms with Gasteiger partial charge < -0.3 is 26.0 Å². The van der Waals surface area contributed by atoms with Crippen molar-refractivity contribution in [1.82, 2.24) is 16.0 Å². The van der Waals surface area contributed by atoms with E-state index in [1.165, 1.54) is 10.7 Å². The lowest BCUT2D eigenvalue weighted by Crippen LogP contribution is -2.53. The van der Waals surface area contributed by atoms with Gasteiger partial charge in [0, 0.05) is 37.4 Å². The molecular formula is C41H51N5O5S. The number of nitrogens with zero attached hydrogens (tertiary/aromatic N) is 2. The van der Waals surface area contributed by atoms with Gasteiger partial charge in [0.15, 0.2) is 0 Å². The number of benzene rings is 4. The molecule has 276 valence electrons. The van der Waals surface area contributed by atoms with Crippen molar-refractivity contribution < 1.29 is 23.1 Å². The molecule has 1 saturated carbocycles. The van der Waals surface area contributed by atoms with Crippen molar-refractivity contribution in [2.75, 3.05) is 29.1 Å². The summed E-state index contributed by atoms with van der Waals surface area (Å²) in [6, 6.07) is 32.1. The first-order chi connectivity index (χ1) is 25.0. The van der Waals surface area contributed by atoms with Crippen molar-refractivity contribution in [2.45, 2.75) is 76.2 Å². The summed E-state index contributed by atoms with van der Waals surface area (Å²) in [5, 5.41) is 20.9. The Labute approximate surface area is 308 Å². The SMILES string of the molecule is C[C@H](NC[C@@H](O)[C@H](Cc1ccccc1)NC(=O)c1cc(N(C)Cc2ccccc2)cc(N(c2ccccc2)S(C)(=O)=O)c1)C(=O)NC1CCCCC1. The predicted molar refractivity (Wildman–Crippen MR) is 208 cm³/mol. The Hall–Kier alpha value is -4.71. The number of sulfonamides is 1. The molecule has 4 N–H and O–H groups in total. The molecule has 11 heteroatoms. The number of hydrogen-bond acceptors (Lipinski definition) is 7. The third-order valence-corrected chi connectivity index (χ3v) is 10.6. The van der Waals surface area contributed by atoms with E-state index in [9.17, 15) is 23.1 Å². The topological polar surface area (TPSA) is 131 Å². The van der Waals surface area contributed by atoms with Crippen LogP contribution < -0.4 is 25.2 Å². The second-order valence-corrected chi connectivity index (χ2v) is 15.6. The summed E-state index contributed by atoms with van der Waals surface area (Å²) >= 11 is 0. The summed E-state index contributed by atoms with van der Waals surface area (Å²) in [6.45, 7) is 2.36. The molecule has 5 rings (SSSR count). The maximum Gasteiger partial charge on any atom is 0.251 e. The molecule has 4 aromatic carbocycles. The number of rotatable bonds is 16. The molecule has 0 unspecified atom stereocenters. The van der Waals surface area contributed by atoms with E-state index in [1.807, 2.05) is 78.7 Å². The van der Waals surface area contributed by atoms with Crippen molar-refractivity contribution in [3.05, 3.63) is 126 Å². The quantitative estimate of drug-likeness (QED) is 0.119. The lowest BCUT2D eigenvalue weighted by Gasteiger charge is -2.28. The minimum atomic E-state index is -3.82.